The molecule has 0 aliphatic rings. The highest BCUT2D eigenvalue weighted by atomic mass is 32.2. The Morgan fingerprint density at radius 3 is 2.32 bits per heavy atom. The fraction of sp³-hybridized carbons (Fsp3) is 0.0500. The maximum atomic E-state index is 13.4. The first-order chi connectivity index (χ1) is 13.3. The van der Waals surface area contributed by atoms with Crippen molar-refractivity contribution in [3.8, 4) is 5.75 Å². The van der Waals surface area contributed by atoms with Gasteiger partial charge in [0.05, 0.1) is 10.9 Å². The van der Waals surface area contributed by atoms with E-state index in [0.29, 0.717) is 18.4 Å². The third-order valence-corrected chi connectivity index (χ3v) is 5.20. The minimum absolute atomic E-state index is 0.242. The van der Waals surface area contributed by atoms with Crippen molar-refractivity contribution in [1.29, 1.82) is 0 Å². The SMILES string of the molecule is O=C([O-])c1cc(S(=O)(=O)Nc2ccc(OCc3ccccc3)cc2)ccc1F. The highest BCUT2D eigenvalue weighted by molar-refractivity contribution is 7.92. The number of ether oxygens (including phenoxy) is 1. The van der Waals surface area contributed by atoms with Crippen molar-refractivity contribution in [1.82, 2.24) is 0 Å². The van der Waals surface area contributed by atoms with Gasteiger partial charge in [0, 0.05) is 11.3 Å². The zero-order chi connectivity index (χ0) is 20.1. The van der Waals surface area contributed by atoms with Gasteiger partial charge in [-0.2, -0.15) is 0 Å². The summed E-state index contributed by atoms with van der Waals surface area (Å²) in [7, 11) is -4.10. The molecule has 1 N–H and O–H groups in total. The van der Waals surface area contributed by atoms with E-state index in [4.69, 9.17) is 4.74 Å². The predicted molar refractivity (Wildman–Crippen MR) is 98.8 cm³/mol. The molecule has 0 bridgehead atoms. The standard InChI is InChI=1S/C20H16FNO5S/c21-19-11-10-17(12-18(19)20(23)24)28(25,26)22-15-6-8-16(9-7-15)27-13-14-4-2-1-3-5-14/h1-12,22H,13H2,(H,23,24)/p-1. The van der Waals surface area contributed by atoms with Crippen molar-refractivity contribution >= 4 is 21.7 Å². The van der Waals surface area contributed by atoms with Crippen LogP contribution in [0.15, 0.2) is 77.7 Å². The number of hydrogen-bond donors (Lipinski definition) is 1. The number of carboxylic acids is 1. The summed E-state index contributed by atoms with van der Waals surface area (Å²) in [6.45, 7) is 0.369. The van der Waals surface area contributed by atoms with E-state index >= 15 is 0 Å². The Bertz CT molecular complexity index is 1080. The van der Waals surface area contributed by atoms with Crippen molar-refractivity contribution < 1.29 is 27.4 Å². The Hall–Kier alpha value is -3.39. The van der Waals surface area contributed by atoms with Gasteiger partial charge in [-0.05, 0) is 48.0 Å². The molecule has 3 aromatic rings. The summed E-state index contributed by atoms with van der Waals surface area (Å²) >= 11 is 0. The third kappa shape index (κ3) is 4.66. The minimum atomic E-state index is -4.10. The van der Waals surface area contributed by atoms with Crippen LogP contribution in [0, 0.1) is 5.82 Å². The fourth-order valence-corrected chi connectivity index (χ4v) is 3.49. The molecule has 28 heavy (non-hydrogen) atoms. The summed E-state index contributed by atoms with van der Waals surface area (Å²) in [6, 6.07) is 18.2. The number of benzene rings is 3. The normalized spacial score (nSPS) is 11.0. The quantitative estimate of drug-likeness (QED) is 0.658. The first-order valence-electron chi connectivity index (χ1n) is 8.16. The molecule has 6 nitrogen and oxygen atoms in total. The fourth-order valence-electron chi connectivity index (χ4n) is 2.40. The second-order valence-electron chi connectivity index (χ2n) is 5.83. The largest absolute Gasteiger partial charge is 0.545 e. The molecule has 0 saturated heterocycles. The van der Waals surface area contributed by atoms with Gasteiger partial charge in [-0.15, -0.1) is 0 Å². The van der Waals surface area contributed by atoms with Gasteiger partial charge in [-0.1, -0.05) is 30.3 Å². The lowest BCUT2D eigenvalue weighted by Gasteiger charge is -2.11. The smallest absolute Gasteiger partial charge is 0.261 e. The van der Waals surface area contributed by atoms with Gasteiger partial charge >= 0.3 is 0 Å². The zero-order valence-electron chi connectivity index (χ0n) is 14.5. The molecule has 0 aliphatic carbocycles. The number of halogens is 1. The monoisotopic (exact) mass is 400 g/mol. The summed E-state index contributed by atoms with van der Waals surface area (Å²) in [5.74, 6) is -2.32. The molecule has 8 heteroatoms. The average Bonchev–Trinajstić information content (AvgIpc) is 2.68. The van der Waals surface area contributed by atoms with E-state index in [9.17, 15) is 22.7 Å². The van der Waals surface area contributed by atoms with Gasteiger partial charge in [-0.25, -0.2) is 12.8 Å². The number of carbonyl (C=O) groups is 1. The number of sulfonamides is 1. The molecule has 0 heterocycles. The molecular formula is C20H15FNO5S-. The summed E-state index contributed by atoms with van der Waals surface area (Å²) in [4.78, 5) is 10.5. The minimum Gasteiger partial charge on any atom is -0.545 e. The molecule has 0 unspecified atom stereocenters. The Balaban J connectivity index is 1.71. The predicted octanol–water partition coefficient (Wildman–Crippen LogP) is 2.57. The van der Waals surface area contributed by atoms with Crippen LogP contribution in [0.3, 0.4) is 0 Å². The maximum absolute atomic E-state index is 13.4. The van der Waals surface area contributed by atoms with Crippen LogP contribution < -0.4 is 14.6 Å². The highest BCUT2D eigenvalue weighted by Gasteiger charge is 2.17. The maximum Gasteiger partial charge on any atom is 0.261 e. The summed E-state index contributed by atoms with van der Waals surface area (Å²) < 4.78 is 46.2. The first kappa shape index (κ1) is 19.4. The van der Waals surface area contributed by atoms with Crippen molar-refractivity contribution in [3.05, 3.63) is 89.7 Å². The van der Waals surface area contributed by atoms with E-state index < -0.39 is 32.3 Å². The lowest BCUT2D eigenvalue weighted by molar-refractivity contribution is -0.255. The van der Waals surface area contributed by atoms with E-state index in [1.807, 2.05) is 30.3 Å². The van der Waals surface area contributed by atoms with Crippen molar-refractivity contribution in [2.75, 3.05) is 4.72 Å². The molecule has 0 radical (unpaired) electrons. The average molecular weight is 400 g/mol. The van der Waals surface area contributed by atoms with E-state index in [1.165, 1.54) is 12.1 Å². The number of anilines is 1. The lowest BCUT2D eigenvalue weighted by atomic mass is 10.2. The van der Waals surface area contributed by atoms with Gasteiger partial charge in [0.15, 0.2) is 0 Å². The van der Waals surface area contributed by atoms with E-state index in [-0.39, 0.29) is 5.69 Å². The number of carboxylic acid groups (broad SMARTS) is 1. The highest BCUT2D eigenvalue weighted by Crippen LogP contribution is 2.21. The van der Waals surface area contributed by atoms with Crippen LogP contribution in [0.2, 0.25) is 0 Å². The Morgan fingerprint density at radius 2 is 1.68 bits per heavy atom. The lowest BCUT2D eigenvalue weighted by Crippen LogP contribution is -2.24. The number of rotatable bonds is 7. The van der Waals surface area contributed by atoms with Crippen molar-refractivity contribution in [3.63, 3.8) is 0 Å². The van der Waals surface area contributed by atoms with Gasteiger partial charge in [-0.3, -0.25) is 4.72 Å². The van der Waals surface area contributed by atoms with Gasteiger partial charge in [0.2, 0.25) is 0 Å². The van der Waals surface area contributed by atoms with Crippen LogP contribution in [0.1, 0.15) is 15.9 Å². The molecule has 0 fully saturated rings. The van der Waals surface area contributed by atoms with E-state index in [2.05, 4.69) is 4.72 Å². The molecular weight excluding hydrogens is 385 g/mol. The van der Waals surface area contributed by atoms with Crippen LogP contribution in [-0.2, 0) is 16.6 Å². The molecule has 0 spiro atoms. The number of aromatic carboxylic acids is 1. The van der Waals surface area contributed by atoms with Crippen molar-refractivity contribution in [2.45, 2.75) is 11.5 Å². The topological polar surface area (TPSA) is 95.5 Å². The molecule has 0 amide bonds. The second kappa shape index (κ2) is 8.10. The summed E-state index contributed by atoms with van der Waals surface area (Å²) in [5.41, 5.74) is 0.409. The molecule has 0 aliphatic heterocycles. The van der Waals surface area contributed by atoms with E-state index in [0.717, 1.165) is 17.7 Å². The number of carbonyl (C=O) groups excluding carboxylic acids is 1. The Morgan fingerprint density at radius 1 is 1.00 bits per heavy atom. The first-order valence-corrected chi connectivity index (χ1v) is 9.64. The third-order valence-electron chi connectivity index (χ3n) is 3.82. The summed E-state index contributed by atoms with van der Waals surface area (Å²) in [6.07, 6.45) is 0. The second-order valence-corrected chi connectivity index (χ2v) is 7.52. The van der Waals surface area contributed by atoms with Crippen LogP contribution >= 0.6 is 0 Å². The van der Waals surface area contributed by atoms with Gasteiger partial charge in [0.1, 0.15) is 18.2 Å². The number of nitrogens with one attached hydrogen (secondary N) is 1. The molecule has 144 valence electrons. The number of hydrogen-bond acceptors (Lipinski definition) is 5. The van der Waals surface area contributed by atoms with Crippen LogP contribution in [0.4, 0.5) is 10.1 Å². The van der Waals surface area contributed by atoms with Crippen LogP contribution in [0.5, 0.6) is 5.75 Å². The van der Waals surface area contributed by atoms with Crippen molar-refractivity contribution in [2.24, 2.45) is 0 Å². The Kier molecular flexibility index (Phi) is 5.60. The molecule has 0 aromatic heterocycles. The van der Waals surface area contributed by atoms with Gasteiger partial charge < -0.3 is 14.6 Å². The van der Waals surface area contributed by atoms with Crippen LogP contribution in [0.25, 0.3) is 0 Å². The van der Waals surface area contributed by atoms with Crippen LogP contribution in [-0.4, -0.2) is 14.4 Å². The zero-order valence-corrected chi connectivity index (χ0v) is 15.3. The molecule has 3 aromatic carbocycles. The molecule has 3 rings (SSSR count). The van der Waals surface area contributed by atoms with Gasteiger partial charge in [0.25, 0.3) is 10.0 Å². The van der Waals surface area contributed by atoms with E-state index in [1.54, 1.807) is 12.1 Å². The Labute approximate surface area is 161 Å². The summed E-state index contributed by atoms with van der Waals surface area (Å²) in [5, 5.41) is 10.9. The molecule has 0 saturated carbocycles. The molecule has 0 atom stereocenters.